The maximum absolute atomic E-state index is 11.7. The molecule has 0 fully saturated rings. The van der Waals surface area contributed by atoms with Crippen LogP contribution in [0.5, 0.6) is 0 Å². The molecule has 0 aliphatic carbocycles. The Hall–Kier alpha value is -0.970. The topological polar surface area (TPSA) is 59.3 Å². The highest BCUT2D eigenvalue weighted by molar-refractivity contribution is 7.94. The molecule has 5 heteroatoms. The van der Waals surface area contributed by atoms with E-state index in [1.165, 1.54) is 0 Å². The highest BCUT2D eigenvalue weighted by atomic mass is 32.2. The highest BCUT2D eigenvalue weighted by Crippen LogP contribution is 2.54. The van der Waals surface area contributed by atoms with E-state index in [1.54, 1.807) is 6.92 Å². The van der Waals surface area contributed by atoms with Gasteiger partial charge in [-0.05, 0) is 13.8 Å². The van der Waals surface area contributed by atoms with Crippen LogP contribution in [-0.4, -0.2) is 8.42 Å². The molecular weight excluding hydrogens is 190 g/mol. The molecule has 2 aliphatic heterocycles. The third-order valence-electron chi connectivity index (χ3n) is 3.05. The molecule has 0 saturated heterocycles. The van der Waals surface area contributed by atoms with Crippen molar-refractivity contribution in [3.63, 3.8) is 0 Å². The Morgan fingerprint density at radius 1 is 1.54 bits per heavy atom. The van der Waals surface area contributed by atoms with Gasteiger partial charge in [0.05, 0.1) is 5.69 Å². The molecule has 1 atom stereocenters. The first-order chi connectivity index (χ1) is 5.96. The van der Waals surface area contributed by atoms with Crippen LogP contribution < -0.4 is 4.72 Å². The molecule has 70 valence electrons. The summed E-state index contributed by atoms with van der Waals surface area (Å²) >= 11 is 0. The zero-order chi connectivity index (χ0) is 9.43. The lowest BCUT2D eigenvalue weighted by atomic mass is 9.95. The maximum atomic E-state index is 11.7. The first kappa shape index (κ1) is 7.44. The van der Waals surface area contributed by atoms with Gasteiger partial charge in [0.25, 0.3) is 0 Å². The third kappa shape index (κ3) is 0.561. The Morgan fingerprint density at radius 3 is 2.77 bits per heavy atom. The van der Waals surface area contributed by atoms with Crippen molar-refractivity contribution < 1.29 is 12.8 Å². The van der Waals surface area contributed by atoms with Gasteiger partial charge in [-0.3, -0.25) is 4.72 Å². The van der Waals surface area contributed by atoms with Crippen molar-refractivity contribution in [2.24, 2.45) is 0 Å². The van der Waals surface area contributed by atoms with Crippen LogP contribution in [0, 0.1) is 6.92 Å². The minimum absolute atomic E-state index is 0.479. The highest BCUT2D eigenvalue weighted by Gasteiger charge is 2.57. The second-order valence-electron chi connectivity index (χ2n) is 3.87. The van der Waals surface area contributed by atoms with E-state index in [4.69, 9.17) is 4.42 Å². The fourth-order valence-electron chi connectivity index (χ4n) is 2.08. The van der Waals surface area contributed by atoms with Crippen LogP contribution in [0.4, 0.5) is 5.69 Å². The standard InChI is InChI=1S/C8H9NO3S/c1-4-5-3-8(2)7(12-5)6(4)9-13(8,10)11/h9H,3H2,1-2H3. The fourth-order valence-corrected chi connectivity index (χ4v) is 3.52. The number of sulfonamides is 1. The van der Waals surface area contributed by atoms with Crippen LogP contribution >= 0.6 is 0 Å². The van der Waals surface area contributed by atoms with E-state index < -0.39 is 14.8 Å². The SMILES string of the molecule is Cc1c2oc3c1NS(=O)(=O)C3(C)C2. The summed E-state index contributed by atoms with van der Waals surface area (Å²) in [6, 6.07) is 0. The first-order valence-corrected chi connectivity index (χ1v) is 5.59. The van der Waals surface area contributed by atoms with Gasteiger partial charge in [0.1, 0.15) is 5.76 Å². The lowest BCUT2D eigenvalue weighted by molar-refractivity contribution is 0.512. The number of anilines is 1. The largest absolute Gasteiger partial charge is 0.462 e. The zero-order valence-electron chi connectivity index (χ0n) is 7.34. The number of furan rings is 1. The Kier molecular flexibility index (Phi) is 0.937. The van der Waals surface area contributed by atoms with Crippen LogP contribution in [0.25, 0.3) is 0 Å². The van der Waals surface area contributed by atoms with Crippen molar-refractivity contribution in [2.75, 3.05) is 4.72 Å². The minimum atomic E-state index is -3.25. The van der Waals surface area contributed by atoms with E-state index in [1.807, 2.05) is 6.92 Å². The molecule has 2 aliphatic rings. The van der Waals surface area contributed by atoms with E-state index in [-0.39, 0.29) is 0 Å². The van der Waals surface area contributed by atoms with Crippen LogP contribution in [-0.2, 0) is 21.2 Å². The molecular formula is C8H9NO3S. The van der Waals surface area contributed by atoms with E-state index >= 15 is 0 Å². The molecule has 4 nitrogen and oxygen atoms in total. The van der Waals surface area contributed by atoms with Crippen molar-refractivity contribution in [3.05, 3.63) is 17.1 Å². The summed E-state index contributed by atoms with van der Waals surface area (Å²) in [5.74, 6) is 1.40. The number of rotatable bonds is 0. The Morgan fingerprint density at radius 2 is 2.23 bits per heavy atom. The van der Waals surface area contributed by atoms with E-state index in [2.05, 4.69) is 4.72 Å². The van der Waals surface area contributed by atoms with Crippen LogP contribution in [0.1, 0.15) is 24.0 Å². The van der Waals surface area contributed by atoms with Gasteiger partial charge < -0.3 is 4.42 Å². The second kappa shape index (κ2) is 1.64. The summed E-state index contributed by atoms with van der Waals surface area (Å²) in [5.41, 5.74) is 1.61. The van der Waals surface area contributed by atoms with Gasteiger partial charge in [-0.1, -0.05) is 0 Å². The predicted octanol–water partition coefficient (Wildman–Crippen LogP) is 1.11. The molecule has 0 radical (unpaired) electrons. The van der Waals surface area contributed by atoms with Crippen molar-refractivity contribution in [1.29, 1.82) is 0 Å². The van der Waals surface area contributed by atoms with Crippen LogP contribution in [0.15, 0.2) is 4.42 Å². The Bertz CT molecular complexity index is 514. The summed E-state index contributed by atoms with van der Waals surface area (Å²) in [6.45, 7) is 3.59. The Labute approximate surface area is 76.0 Å². The third-order valence-corrected chi connectivity index (χ3v) is 5.04. The summed E-state index contributed by atoms with van der Waals surface area (Å²) < 4.78 is 30.5. The summed E-state index contributed by atoms with van der Waals surface area (Å²) in [4.78, 5) is 0. The van der Waals surface area contributed by atoms with Gasteiger partial charge in [0.15, 0.2) is 10.5 Å². The number of hydrogen-bond donors (Lipinski definition) is 1. The van der Waals surface area contributed by atoms with Gasteiger partial charge in [-0.25, -0.2) is 8.42 Å². The van der Waals surface area contributed by atoms with Crippen LogP contribution in [0.2, 0.25) is 0 Å². The van der Waals surface area contributed by atoms with Gasteiger partial charge in [0, 0.05) is 12.0 Å². The second-order valence-corrected chi connectivity index (χ2v) is 5.98. The zero-order valence-corrected chi connectivity index (χ0v) is 8.16. The quantitative estimate of drug-likeness (QED) is 0.681. The average Bonchev–Trinajstić information content (AvgIpc) is 2.53. The summed E-state index contributed by atoms with van der Waals surface area (Å²) in [5, 5.41) is 0. The van der Waals surface area contributed by atoms with Crippen molar-refractivity contribution in [2.45, 2.75) is 25.0 Å². The van der Waals surface area contributed by atoms with Crippen LogP contribution in [0.3, 0.4) is 0 Å². The van der Waals surface area contributed by atoms with Gasteiger partial charge in [-0.2, -0.15) is 0 Å². The van der Waals surface area contributed by atoms with Crippen molar-refractivity contribution in [1.82, 2.24) is 0 Å². The van der Waals surface area contributed by atoms with Crippen molar-refractivity contribution in [3.8, 4) is 0 Å². The van der Waals surface area contributed by atoms with Gasteiger partial charge >= 0.3 is 0 Å². The monoisotopic (exact) mass is 199 g/mol. The molecule has 3 rings (SSSR count). The summed E-state index contributed by atoms with van der Waals surface area (Å²) in [6.07, 6.45) is 0.479. The normalized spacial score (nSPS) is 32.2. The molecule has 0 aromatic carbocycles. The lowest BCUT2D eigenvalue weighted by Crippen LogP contribution is -2.30. The van der Waals surface area contributed by atoms with Gasteiger partial charge in [-0.15, -0.1) is 0 Å². The predicted molar refractivity (Wildman–Crippen MR) is 47.0 cm³/mol. The molecule has 1 unspecified atom stereocenters. The number of nitrogens with one attached hydrogen (secondary N) is 1. The van der Waals surface area contributed by atoms with E-state index in [9.17, 15) is 8.42 Å². The fraction of sp³-hybridized carbons (Fsp3) is 0.500. The van der Waals surface area contributed by atoms with E-state index in [0.29, 0.717) is 17.9 Å². The van der Waals surface area contributed by atoms with Gasteiger partial charge in [0.2, 0.25) is 10.0 Å². The molecule has 0 spiro atoms. The first-order valence-electron chi connectivity index (χ1n) is 4.11. The summed E-state index contributed by atoms with van der Waals surface area (Å²) in [7, 11) is -3.25. The lowest BCUT2D eigenvalue weighted by Gasteiger charge is -2.14. The molecule has 13 heavy (non-hydrogen) atoms. The molecule has 2 bridgehead atoms. The number of fused-ring (bicyclic) bond motifs is 1. The minimum Gasteiger partial charge on any atom is -0.462 e. The van der Waals surface area contributed by atoms with E-state index in [0.717, 1.165) is 11.3 Å². The van der Waals surface area contributed by atoms with Crippen molar-refractivity contribution >= 4 is 15.7 Å². The average molecular weight is 199 g/mol. The molecule has 1 aromatic heterocycles. The molecule has 3 heterocycles. The molecule has 0 saturated carbocycles. The molecule has 1 aromatic rings. The smallest absolute Gasteiger partial charge is 0.246 e. The maximum Gasteiger partial charge on any atom is 0.246 e. The molecule has 1 N–H and O–H groups in total. The Balaban J connectivity index is 2.45. The molecule has 0 amide bonds. The number of hydrogen-bond acceptors (Lipinski definition) is 3.